The molecule has 29 heavy (non-hydrogen) atoms. The molecule has 152 valence electrons. The summed E-state index contributed by atoms with van der Waals surface area (Å²) in [5.41, 5.74) is 0.805. The van der Waals surface area contributed by atoms with Gasteiger partial charge in [0.05, 0.1) is 11.0 Å². The molecule has 8 heteroatoms. The number of hydrogen-bond donors (Lipinski definition) is 1. The fraction of sp³-hybridized carbons (Fsp3) is 0.286. The Balaban J connectivity index is 1.71. The third-order valence-corrected chi connectivity index (χ3v) is 7.14. The van der Waals surface area contributed by atoms with Gasteiger partial charge in [-0.1, -0.05) is 29.8 Å². The summed E-state index contributed by atoms with van der Waals surface area (Å²) in [5.74, 6) is 0. The van der Waals surface area contributed by atoms with Gasteiger partial charge < -0.3 is 9.72 Å². The van der Waals surface area contributed by atoms with E-state index in [2.05, 4.69) is 4.98 Å². The second-order valence-corrected chi connectivity index (χ2v) is 9.47. The normalized spacial score (nSPS) is 17.2. The van der Waals surface area contributed by atoms with Crippen LogP contribution in [0.3, 0.4) is 0 Å². The number of H-pyrrole nitrogens is 1. The summed E-state index contributed by atoms with van der Waals surface area (Å²) < 4.78 is 33.6. The molecule has 0 radical (unpaired) electrons. The Hall–Kier alpha value is -2.19. The van der Waals surface area contributed by atoms with E-state index in [1.165, 1.54) is 16.4 Å². The van der Waals surface area contributed by atoms with E-state index >= 15 is 0 Å². The van der Waals surface area contributed by atoms with Crippen LogP contribution >= 0.6 is 11.6 Å². The van der Waals surface area contributed by atoms with Crippen LogP contribution in [-0.2, 0) is 21.3 Å². The maximum atomic E-state index is 13.3. The molecule has 2 heterocycles. The minimum absolute atomic E-state index is 0.0367. The van der Waals surface area contributed by atoms with Crippen LogP contribution in [0, 0.1) is 0 Å². The molecule has 3 aromatic rings. The number of ether oxygens (including phenoxy) is 1. The Morgan fingerprint density at radius 1 is 1.14 bits per heavy atom. The quantitative estimate of drug-likeness (QED) is 0.646. The molecule has 0 unspecified atom stereocenters. The zero-order valence-corrected chi connectivity index (χ0v) is 17.2. The second kappa shape index (κ2) is 8.28. The molecule has 2 aromatic carbocycles. The van der Waals surface area contributed by atoms with Crippen molar-refractivity contribution in [3.05, 3.63) is 75.5 Å². The van der Waals surface area contributed by atoms with Crippen LogP contribution in [0.15, 0.2) is 64.3 Å². The predicted molar refractivity (Wildman–Crippen MR) is 113 cm³/mol. The molecule has 1 fully saturated rings. The van der Waals surface area contributed by atoms with Crippen LogP contribution in [0.5, 0.6) is 0 Å². The number of nitrogens with zero attached hydrogens (tertiary/aromatic N) is 1. The van der Waals surface area contributed by atoms with Crippen molar-refractivity contribution in [1.82, 2.24) is 9.29 Å². The molecule has 4 rings (SSSR count). The molecule has 0 aliphatic carbocycles. The Morgan fingerprint density at radius 2 is 1.90 bits per heavy atom. The number of hydrogen-bond acceptors (Lipinski definition) is 4. The zero-order chi connectivity index (χ0) is 20.4. The summed E-state index contributed by atoms with van der Waals surface area (Å²) in [4.78, 5) is 15.6. The number of para-hydroxylation sites is 1. The van der Waals surface area contributed by atoms with Crippen molar-refractivity contribution in [2.75, 3.05) is 13.2 Å². The zero-order valence-electron chi connectivity index (χ0n) is 15.7. The van der Waals surface area contributed by atoms with Gasteiger partial charge in [-0.3, -0.25) is 4.79 Å². The molecule has 1 N–H and O–H groups in total. The Kier molecular flexibility index (Phi) is 5.74. The van der Waals surface area contributed by atoms with Gasteiger partial charge in [0.25, 0.3) is 5.56 Å². The van der Waals surface area contributed by atoms with Gasteiger partial charge in [0.2, 0.25) is 10.0 Å². The van der Waals surface area contributed by atoms with E-state index in [0.717, 1.165) is 18.2 Å². The Morgan fingerprint density at radius 3 is 2.62 bits per heavy atom. The van der Waals surface area contributed by atoms with Gasteiger partial charge in [0.15, 0.2) is 0 Å². The van der Waals surface area contributed by atoms with Crippen molar-refractivity contribution >= 4 is 32.5 Å². The fourth-order valence-corrected chi connectivity index (χ4v) is 5.09. The van der Waals surface area contributed by atoms with Gasteiger partial charge in [0.1, 0.15) is 0 Å². The summed E-state index contributed by atoms with van der Waals surface area (Å²) in [7, 11) is -3.83. The van der Waals surface area contributed by atoms with Crippen LogP contribution in [0.2, 0.25) is 5.02 Å². The third-order valence-electron chi connectivity index (χ3n) is 5.06. The number of pyridine rings is 1. The molecule has 0 amide bonds. The van der Waals surface area contributed by atoms with Crippen molar-refractivity contribution in [1.29, 1.82) is 0 Å². The third kappa shape index (κ3) is 4.38. The minimum Gasteiger partial charge on any atom is -0.377 e. The van der Waals surface area contributed by atoms with Crippen LogP contribution in [-0.4, -0.2) is 37.0 Å². The molecule has 1 aliphatic rings. The highest BCUT2D eigenvalue weighted by atomic mass is 35.5. The number of nitrogens with one attached hydrogen (secondary N) is 1. The summed E-state index contributed by atoms with van der Waals surface area (Å²) in [5, 5.41) is 1.31. The number of halogens is 1. The first-order valence-electron chi connectivity index (χ1n) is 9.42. The van der Waals surface area contributed by atoms with Crippen LogP contribution in [0.1, 0.15) is 18.4 Å². The molecular weight excluding hydrogens is 412 g/mol. The molecule has 0 spiro atoms. The van der Waals surface area contributed by atoms with Crippen molar-refractivity contribution in [3.8, 4) is 0 Å². The lowest BCUT2D eigenvalue weighted by atomic mass is 10.1. The van der Waals surface area contributed by atoms with Gasteiger partial charge in [-0.2, -0.15) is 4.31 Å². The highest BCUT2D eigenvalue weighted by molar-refractivity contribution is 7.89. The molecular formula is C21H21ClN2O4S. The number of fused-ring (bicyclic) bond motifs is 1. The van der Waals surface area contributed by atoms with E-state index in [1.54, 1.807) is 18.2 Å². The lowest BCUT2D eigenvalue weighted by Gasteiger charge is -2.25. The minimum atomic E-state index is -3.83. The van der Waals surface area contributed by atoms with Crippen LogP contribution in [0.4, 0.5) is 0 Å². The van der Waals surface area contributed by atoms with Gasteiger partial charge in [-0.05, 0) is 54.6 Å². The van der Waals surface area contributed by atoms with E-state index in [4.69, 9.17) is 16.3 Å². The van der Waals surface area contributed by atoms with Gasteiger partial charge in [0, 0.05) is 35.8 Å². The van der Waals surface area contributed by atoms with E-state index in [1.807, 2.05) is 24.3 Å². The molecule has 1 atom stereocenters. The predicted octanol–water partition coefficient (Wildman–Crippen LogP) is 3.55. The number of rotatable bonds is 6. The first kappa shape index (κ1) is 20.1. The van der Waals surface area contributed by atoms with Crippen molar-refractivity contribution in [3.63, 3.8) is 0 Å². The maximum absolute atomic E-state index is 13.3. The average molecular weight is 433 g/mol. The van der Waals surface area contributed by atoms with Crippen molar-refractivity contribution in [2.45, 2.75) is 30.4 Å². The first-order chi connectivity index (χ1) is 13.9. The Labute approximate surface area is 174 Å². The highest BCUT2D eigenvalue weighted by Crippen LogP contribution is 2.23. The SMILES string of the molecule is O=c1[nH]c2ccccc2cc1CN(C[C@H]1CCCO1)S(=O)(=O)c1ccc(Cl)cc1. The lowest BCUT2D eigenvalue weighted by Crippen LogP contribution is -2.38. The second-order valence-electron chi connectivity index (χ2n) is 7.10. The molecule has 0 saturated carbocycles. The smallest absolute Gasteiger partial charge is 0.252 e. The van der Waals surface area contributed by atoms with Crippen LogP contribution < -0.4 is 5.56 Å². The van der Waals surface area contributed by atoms with E-state index < -0.39 is 10.0 Å². The molecule has 1 aromatic heterocycles. The topological polar surface area (TPSA) is 79.5 Å². The monoisotopic (exact) mass is 432 g/mol. The fourth-order valence-electron chi connectivity index (χ4n) is 3.52. The standard InChI is InChI=1S/C21H21ClN2O4S/c22-17-7-9-19(10-8-17)29(26,27)24(14-18-5-3-11-28-18)13-16-12-15-4-1-2-6-20(15)23-21(16)25/h1-2,4,6-10,12,18H,3,5,11,13-14H2,(H,23,25)/t18-/m1/s1. The Bertz CT molecular complexity index is 1170. The number of sulfonamides is 1. The average Bonchev–Trinajstić information content (AvgIpc) is 3.21. The molecule has 0 bridgehead atoms. The summed E-state index contributed by atoms with van der Waals surface area (Å²) >= 11 is 5.91. The lowest BCUT2D eigenvalue weighted by molar-refractivity contribution is 0.0925. The van der Waals surface area contributed by atoms with E-state index in [9.17, 15) is 13.2 Å². The van der Waals surface area contributed by atoms with E-state index in [-0.39, 0.29) is 29.6 Å². The van der Waals surface area contributed by atoms with Gasteiger partial charge in [-0.25, -0.2) is 8.42 Å². The van der Waals surface area contributed by atoms with Crippen molar-refractivity contribution < 1.29 is 13.2 Å². The first-order valence-corrected chi connectivity index (χ1v) is 11.2. The molecule has 6 nitrogen and oxygen atoms in total. The largest absolute Gasteiger partial charge is 0.377 e. The molecule has 1 aliphatic heterocycles. The summed E-state index contributed by atoms with van der Waals surface area (Å²) in [6.45, 7) is 0.776. The summed E-state index contributed by atoms with van der Waals surface area (Å²) in [6, 6.07) is 15.2. The number of aromatic amines is 1. The van der Waals surface area contributed by atoms with Gasteiger partial charge in [-0.15, -0.1) is 0 Å². The maximum Gasteiger partial charge on any atom is 0.252 e. The molecule has 1 saturated heterocycles. The number of benzene rings is 2. The highest BCUT2D eigenvalue weighted by Gasteiger charge is 2.30. The summed E-state index contributed by atoms with van der Waals surface area (Å²) in [6.07, 6.45) is 1.51. The van der Waals surface area contributed by atoms with E-state index in [0.29, 0.717) is 22.7 Å². The van der Waals surface area contributed by atoms with Crippen molar-refractivity contribution in [2.24, 2.45) is 0 Å². The van der Waals surface area contributed by atoms with Crippen LogP contribution in [0.25, 0.3) is 10.9 Å². The number of aromatic nitrogens is 1. The van der Waals surface area contributed by atoms with Gasteiger partial charge >= 0.3 is 0 Å².